The molecule has 7 aromatic rings. The summed E-state index contributed by atoms with van der Waals surface area (Å²) in [5.41, 5.74) is 18.3. The third kappa shape index (κ3) is 30.7. The molecular formula is C61H74Cl4F3K2N11O11. The average molecular weight is 1410 g/mol. The molecule has 0 aliphatic heterocycles. The summed E-state index contributed by atoms with van der Waals surface area (Å²) in [6.07, 6.45) is 3.25. The molecule has 5 aromatic carbocycles. The van der Waals surface area contributed by atoms with E-state index in [4.69, 9.17) is 78.8 Å². The van der Waals surface area contributed by atoms with Gasteiger partial charge in [0.25, 0.3) is 18.3 Å². The first-order valence-electron chi connectivity index (χ1n) is 27.8. The Kier molecular flexibility index (Phi) is 44.6. The van der Waals surface area contributed by atoms with Gasteiger partial charge in [-0.25, -0.2) is 13.2 Å². The van der Waals surface area contributed by atoms with E-state index in [1.54, 1.807) is 78.9 Å². The predicted molar refractivity (Wildman–Crippen MR) is 338 cm³/mol. The van der Waals surface area contributed by atoms with Crippen molar-refractivity contribution in [2.75, 3.05) is 19.0 Å². The van der Waals surface area contributed by atoms with Crippen LogP contribution in [0.15, 0.2) is 103 Å². The van der Waals surface area contributed by atoms with Gasteiger partial charge in [-0.1, -0.05) is 128 Å². The summed E-state index contributed by atoms with van der Waals surface area (Å²) in [5, 5.41) is 34.8. The van der Waals surface area contributed by atoms with Crippen molar-refractivity contribution in [1.29, 1.82) is 0 Å². The molecule has 490 valence electrons. The van der Waals surface area contributed by atoms with Crippen molar-refractivity contribution >= 4 is 116 Å². The van der Waals surface area contributed by atoms with Crippen molar-refractivity contribution in [3.63, 3.8) is 0 Å². The molecule has 0 fully saturated rings. The predicted octanol–water partition coefficient (Wildman–Crippen LogP) is 2.09. The van der Waals surface area contributed by atoms with Crippen LogP contribution >= 0.6 is 46.4 Å². The number of nitrogens with one attached hydrogen (secondary N) is 3. The molecule has 0 unspecified atom stereocenters. The molecule has 0 radical (unpaired) electrons. The van der Waals surface area contributed by atoms with Gasteiger partial charge in [0.1, 0.15) is 36.3 Å². The first-order chi connectivity index (χ1) is 42.7. The molecule has 22 nitrogen and oxygen atoms in total. The Hall–Kier alpha value is -4.90. The van der Waals surface area contributed by atoms with E-state index in [0.29, 0.717) is 57.9 Å². The van der Waals surface area contributed by atoms with Crippen molar-refractivity contribution in [3.8, 4) is 0 Å². The number of rotatable bonds is 24. The van der Waals surface area contributed by atoms with Crippen LogP contribution in [0.3, 0.4) is 0 Å². The number of nitrogens with two attached hydrogens (primary N) is 3. The van der Waals surface area contributed by atoms with Crippen molar-refractivity contribution in [2.45, 2.75) is 118 Å². The number of benzene rings is 5. The number of amides is 5. The normalized spacial score (nSPS) is 11.1. The number of aromatic nitrogens is 4. The second kappa shape index (κ2) is 47.1. The number of primary amides is 2. The Bertz CT molecular complexity index is 3530. The second-order valence-electron chi connectivity index (χ2n) is 19.6. The van der Waals surface area contributed by atoms with Gasteiger partial charge >= 0.3 is 109 Å². The van der Waals surface area contributed by atoms with Crippen LogP contribution in [0, 0.1) is 17.5 Å². The minimum absolute atomic E-state index is 0. The molecule has 2 aromatic heterocycles. The van der Waals surface area contributed by atoms with E-state index in [1.165, 1.54) is 38.5 Å². The number of Topliss-reactive ketones (excluding diaryl/α,β-unsaturated/α-hetero) is 1. The maximum absolute atomic E-state index is 14.1. The van der Waals surface area contributed by atoms with Gasteiger partial charge in [-0.15, -0.1) is 11.6 Å². The molecule has 2 heterocycles. The molecule has 7 rings (SSSR count). The van der Waals surface area contributed by atoms with E-state index < -0.39 is 41.1 Å². The summed E-state index contributed by atoms with van der Waals surface area (Å²) in [6.45, 7) is 11.3. The molecule has 3 atom stereocenters. The molecule has 0 bridgehead atoms. The number of aliphatic carboxylic acids is 1. The second-order valence-corrected chi connectivity index (χ2v) is 21.1. The maximum Gasteiger partial charge on any atom is 1.00 e. The van der Waals surface area contributed by atoms with E-state index in [0.717, 1.165) is 12.8 Å². The van der Waals surface area contributed by atoms with E-state index in [9.17, 15) is 46.7 Å². The fourth-order valence-electron chi connectivity index (χ4n) is 7.44. The van der Waals surface area contributed by atoms with Crippen LogP contribution in [0.4, 0.5) is 13.2 Å². The molecular weight excluding hydrogens is 1340 g/mol. The van der Waals surface area contributed by atoms with Crippen LogP contribution in [-0.4, -0.2) is 114 Å². The summed E-state index contributed by atoms with van der Waals surface area (Å²) >= 11 is 22.3. The Morgan fingerprint density at radius 1 is 0.674 bits per heavy atom. The number of halogens is 7. The Labute approximate surface area is 637 Å². The summed E-state index contributed by atoms with van der Waals surface area (Å²) in [5.74, 6) is -4.96. The first-order valence-corrected chi connectivity index (χ1v) is 29.5. The van der Waals surface area contributed by atoms with Crippen LogP contribution in [0.5, 0.6) is 0 Å². The summed E-state index contributed by atoms with van der Waals surface area (Å²) in [4.78, 5) is 94.3. The third-order valence-corrected chi connectivity index (χ3v) is 14.1. The third-order valence-electron chi connectivity index (χ3n) is 12.9. The van der Waals surface area contributed by atoms with Gasteiger partial charge < -0.3 is 54.7 Å². The zero-order valence-electron chi connectivity index (χ0n) is 53.3. The number of carboxylic acid groups (broad SMARTS) is 1. The van der Waals surface area contributed by atoms with Crippen molar-refractivity contribution in [1.82, 2.24) is 40.4 Å². The zero-order chi connectivity index (χ0) is 67.6. The number of carbonyl (C=O) groups is 8. The molecule has 0 aliphatic rings. The number of ketones is 1. The van der Waals surface area contributed by atoms with Gasteiger partial charge in [-0.2, -0.15) is 10.2 Å². The quantitative estimate of drug-likeness (QED) is 0.0150. The smallest absolute Gasteiger partial charge is 1.00 e. The number of para-hydroxylation sites is 2. The molecule has 0 aliphatic carbocycles. The SMILES string of the molecule is CC[C@H](C)N.CC[C@H](C)N(CC(=O)NCc1cccc(Cl)c1F)C(=O)Cn1nc(C(N)=O)c2ccccc21.CC[C@H](C)NCC(=O)NCc1cccc(Cl)c1F.NC(=O)c1nn(CC(=O)O)c2ccccc12.O=C(CCl)CCc1cccc(Cl)c1F.O=CO[O-].[H-].[K+].[K+]. The van der Waals surface area contributed by atoms with Crippen LogP contribution in [0.1, 0.15) is 106 Å². The minimum Gasteiger partial charge on any atom is -1.00 e. The number of carbonyl (C=O) groups excluding carboxylic acids is 7. The van der Waals surface area contributed by atoms with Gasteiger partial charge in [0.2, 0.25) is 17.7 Å². The van der Waals surface area contributed by atoms with Gasteiger partial charge in [-0.3, -0.25) is 47.7 Å². The number of aryl methyl sites for hydroxylation is 1. The Balaban J connectivity index is 0. The Morgan fingerprint density at radius 3 is 1.48 bits per heavy atom. The Morgan fingerprint density at radius 2 is 1.09 bits per heavy atom. The molecule has 0 saturated carbocycles. The van der Waals surface area contributed by atoms with E-state index in [-0.39, 0.29) is 218 Å². The fourth-order valence-corrected chi connectivity index (χ4v) is 8.16. The summed E-state index contributed by atoms with van der Waals surface area (Å²) < 4.78 is 43.5. The van der Waals surface area contributed by atoms with Crippen LogP contribution < -0.4 is 141 Å². The van der Waals surface area contributed by atoms with Crippen molar-refractivity contribution in [2.24, 2.45) is 17.2 Å². The number of hydrogen-bond acceptors (Lipinski definition) is 14. The van der Waals surface area contributed by atoms with E-state index >= 15 is 0 Å². The molecule has 31 heteroatoms. The van der Waals surface area contributed by atoms with Crippen molar-refractivity contribution in [3.05, 3.63) is 164 Å². The van der Waals surface area contributed by atoms with Gasteiger partial charge in [0.05, 0.1) is 45.1 Å². The number of carboxylic acids is 1. The number of fused-ring (bicyclic) bond motifs is 2. The molecule has 0 saturated heterocycles. The standard InChI is InChI=1S/C23H25ClFN5O3.C13H18ClFN2O.C10H9Cl2FO.C10H9N3O3.C4H11N.CH2O3.2K.H/c1-3-14(2)29(12-19(31)27-11-15-7-6-9-17(24)21(15)25)20(32)13-30-18-10-5-4-8-16(18)22(28-30)23(26)33;1-3-9(2)16-8-12(18)17-7-10-5-4-6-11(14)13(10)15;11-6-8(14)5-4-7-2-1-3-9(12)10(7)13;11-10(16)9-6-3-1-2-4-7(6)13(12-9)5-8(14)15;1-3-4(2)5;2-1-4-3;;;/h4-10,14H,3,11-13H2,1-2H3,(H2,26,33)(H,27,31);4-6,9,16H,3,7-8H2,1-2H3,(H,17,18);1-3H,4-6H2;1-4H,5H2,(H2,11,16)(H,14,15);4H,3,5H2,1-2H3;1,3H;;;/q;;;;;;2*+1;-1/p-1/t14-;9-;;;4-;;;;/m00..0..../s1. The minimum atomic E-state index is -1.02. The number of nitrogens with zero attached hydrogens (tertiary/aromatic N) is 5. The number of alkyl halides is 1. The average Bonchev–Trinajstić information content (AvgIpc) is 1.67. The van der Waals surface area contributed by atoms with Crippen LogP contribution in [0.2, 0.25) is 15.1 Å². The van der Waals surface area contributed by atoms with Crippen LogP contribution in [-0.2, 0) is 66.3 Å². The molecule has 92 heavy (non-hydrogen) atoms. The molecule has 10 N–H and O–H groups in total. The van der Waals surface area contributed by atoms with E-state index in [1.807, 2.05) is 34.6 Å². The molecule has 0 spiro atoms. The summed E-state index contributed by atoms with van der Waals surface area (Å²) in [7, 11) is 0. The summed E-state index contributed by atoms with van der Waals surface area (Å²) in [6, 6.07) is 28.3. The van der Waals surface area contributed by atoms with Gasteiger partial charge in [-0.05, 0) is 82.3 Å². The monoisotopic (exact) mass is 1410 g/mol. The number of hydrogen-bond donors (Lipinski definition) is 7. The first kappa shape index (κ1) is 87.1. The van der Waals surface area contributed by atoms with Crippen molar-refractivity contribution < 1.29 is 171 Å². The van der Waals surface area contributed by atoms with Gasteiger partial charge in [0, 0.05) is 59.5 Å². The zero-order valence-corrected chi connectivity index (χ0v) is 61.5. The van der Waals surface area contributed by atoms with Gasteiger partial charge in [0.15, 0.2) is 11.4 Å². The fraction of sp³-hybridized carbons (Fsp3) is 0.344. The van der Waals surface area contributed by atoms with Crippen LogP contribution in [0.25, 0.3) is 21.8 Å². The molecule has 5 amide bonds. The maximum atomic E-state index is 14.1. The largest absolute Gasteiger partial charge is 1.00 e. The van der Waals surface area contributed by atoms with E-state index in [2.05, 4.69) is 38.0 Å². The topological polar surface area (TPSA) is 342 Å².